The van der Waals surface area contributed by atoms with Gasteiger partial charge < -0.3 is 10.8 Å². The zero-order chi connectivity index (χ0) is 13.2. The van der Waals surface area contributed by atoms with Crippen LogP contribution in [0.2, 0.25) is 10.0 Å². The van der Waals surface area contributed by atoms with Gasteiger partial charge in [0.1, 0.15) is 5.82 Å². The van der Waals surface area contributed by atoms with Crippen LogP contribution in [0.15, 0.2) is 12.1 Å². The van der Waals surface area contributed by atoms with E-state index in [0.29, 0.717) is 18.5 Å². The van der Waals surface area contributed by atoms with Gasteiger partial charge in [-0.1, -0.05) is 30.1 Å². The molecule has 0 amide bonds. The molecular weight excluding hydrogens is 264 g/mol. The topological polar surface area (TPSA) is 46.2 Å². The van der Waals surface area contributed by atoms with Gasteiger partial charge in [0.25, 0.3) is 0 Å². The molecule has 5 heteroatoms. The molecule has 0 saturated heterocycles. The Labute approximate surface area is 111 Å². The minimum Gasteiger partial charge on any atom is -0.385 e. The lowest BCUT2D eigenvalue weighted by molar-refractivity contribution is -0.00417. The van der Waals surface area contributed by atoms with Gasteiger partial charge in [0.05, 0.1) is 10.6 Å². The number of aliphatic hydroxyl groups is 1. The standard InChI is InChI=1S/C12H16Cl2FNO/c1-3-7(6-16)12(2,17)8-4-11(15)10(14)5-9(8)13/h4-5,7,17H,3,6,16H2,1-2H3. The van der Waals surface area contributed by atoms with Crippen LogP contribution >= 0.6 is 23.2 Å². The molecule has 1 rings (SSSR count). The summed E-state index contributed by atoms with van der Waals surface area (Å²) in [7, 11) is 0. The molecule has 0 radical (unpaired) electrons. The van der Waals surface area contributed by atoms with Crippen LogP contribution in [0, 0.1) is 11.7 Å². The van der Waals surface area contributed by atoms with Gasteiger partial charge in [-0.15, -0.1) is 0 Å². The summed E-state index contributed by atoms with van der Waals surface area (Å²) in [5.41, 5.74) is 4.65. The molecule has 0 heterocycles. The first-order valence-electron chi connectivity index (χ1n) is 5.42. The van der Waals surface area contributed by atoms with Crippen molar-refractivity contribution in [1.82, 2.24) is 0 Å². The third-order valence-electron chi connectivity index (χ3n) is 3.13. The van der Waals surface area contributed by atoms with Crippen molar-refractivity contribution < 1.29 is 9.50 Å². The molecule has 3 N–H and O–H groups in total. The van der Waals surface area contributed by atoms with Crippen molar-refractivity contribution in [2.45, 2.75) is 25.9 Å². The fraction of sp³-hybridized carbons (Fsp3) is 0.500. The highest BCUT2D eigenvalue weighted by Crippen LogP contribution is 2.37. The first-order chi connectivity index (χ1) is 7.84. The lowest BCUT2D eigenvalue weighted by atomic mass is 9.81. The Morgan fingerprint density at radius 3 is 2.47 bits per heavy atom. The van der Waals surface area contributed by atoms with Crippen molar-refractivity contribution in [3.63, 3.8) is 0 Å². The van der Waals surface area contributed by atoms with Gasteiger partial charge in [-0.3, -0.25) is 0 Å². The van der Waals surface area contributed by atoms with Gasteiger partial charge in [0, 0.05) is 16.5 Å². The molecule has 0 saturated carbocycles. The van der Waals surface area contributed by atoms with Gasteiger partial charge in [0.15, 0.2) is 0 Å². The van der Waals surface area contributed by atoms with Crippen LogP contribution in [-0.4, -0.2) is 11.7 Å². The van der Waals surface area contributed by atoms with E-state index >= 15 is 0 Å². The van der Waals surface area contributed by atoms with Gasteiger partial charge in [-0.25, -0.2) is 4.39 Å². The zero-order valence-corrected chi connectivity index (χ0v) is 11.3. The summed E-state index contributed by atoms with van der Waals surface area (Å²) in [5, 5.41) is 10.7. The molecule has 2 nitrogen and oxygen atoms in total. The maximum absolute atomic E-state index is 13.4. The molecule has 0 fully saturated rings. The van der Waals surface area contributed by atoms with E-state index in [1.165, 1.54) is 12.1 Å². The molecule has 0 aliphatic rings. The fourth-order valence-corrected chi connectivity index (χ4v) is 2.50. The molecule has 0 aliphatic heterocycles. The Kier molecular flexibility index (Phi) is 4.78. The minimum absolute atomic E-state index is 0.0599. The molecule has 1 aromatic carbocycles. The van der Waals surface area contributed by atoms with E-state index < -0.39 is 11.4 Å². The third-order valence-corrected chi connectivity index (χ3v) is 3.73. The maximum Gasteiger partial charge on any atom is 0.142 e. The Balaban J connectivity index is 3.27. The average molecular weight is 280 g/mol. The Bertz CT molecular complexity index is 406. The van der Waals surface area contributed by atoms with Gasteiger partial charge in [0.2, 0.25) is 0 Å². The molecule has 0 aromatic heterocycles. The van der Waals surface area contributed by atoms with Gasteiger partial charge in [-0.05, 0) is 32.0 Å². The number of halogens is 3. The number of hydrogen-bond acceptors (Lipinski definition) is 2. The predicted molar refractivity (Wildman–Crippen MR) is 68.8 cm³/mol. The highest BCUT2D eigenvalue weighted by atomic mass is 35.5. The largest absolute Gasteiger partial charge is 0.385 e. The second kappa shape index (κ2) is 5.53. The molecule has 17 heavy (non-hydrogen) atoms. The van der Waals surface area contributed by atoms with Crippen molar-refractivity contribution in [2.75, 3.05) is 6.54 Å². The normalized spacial score (nSPS) is 16.6. The third kappa shape index (κ3) is 2.91. The summed E-state index contributed by atoms with van der Waals surface area (Å²) in [6.07, 6.45) is 0.671. The Morgan fingerprint density at radius 1 is 1.41 bits per heavy atom. The van der Waals surface area contributed by atoms with Gasteiger partial charge in [-0.2, -0.15) is 0 Å². The molecule has 1 aromatic rings. The van der Waals surface area contributed by atoms with E-state index in [-0.39, 0.29) is 16.0 Å². The molecule has 96 valence electrons. The Hall–Kier alpha value is -0.350. The molecule has 0 spiro atoms. The molecule has 2 unspecified atom stereocenters. The molecule has 0 bridgehead atoms. The van der Waals surface area contributed by atoms with Crippen LogP contribution in [0.3, 0.4) is 0 Å². The second-order valence-corrected chi connectivity index (χ2v) is 5.05. The number of rotatable bonds is 4. The van der Waals surface area contributed by atoms with Crippen molar-refractivity contribution >= 4 is 23.2 Å². The smallest absolute Gasteiger partial charge is 0.142 e. The summed E-state index contributed by atoms with van der Waals surface area (Å²) in [5.74, 6) is -0.793. The fourth-order valence-electron chi connectivity index (χ4n) is 1.92. The monoisotopic (exact) mass is 279 g/mol. The first-order valence-corrected chi connectivity index (χ1v) is 6.17. The highest BCUT2D eigenvalue weighted by molar-refractivity contribution is 6.35. The van der Waals surface area contributed by atoms with Crippen LogP contribution in [0.5, 0.6) is 0 Å². The van der Waals surface area contributed by atoms with E-state index in [1.807, 2.05) is 6.92 Å². The van der Waals surface area contributed by atoms with E-state index in [2.05, 4.69) is 0 Å². The van der Waals surface area contributed by atoms with Crippen molar-refractivity contribution in [2.24, 2.45) is 11.7 Å². The summed E-state index contributed by atoms with van der Waals surface area (Å²) in [4.78, 5) is 0. The van der Waals surface area contributed by atoms with Crippen molar-refractivity contribution in [1.29, 1.82) is 0 Å². The predicted octanol–water partition coefficient (Wildman–Crippen LogP) is 3.32. The lowest BCUT2D eigenvalue weighted by Gasteiger charge is -2.32. The van der Waals surface area contributed by atoms with Gasteiger partial charge >= 0.3 is 0 Å². The summed E-state index contributed by atoms with van der Waals surface area (Å²) >= 11 is 11.6. The van der Waals surface area contributed by atoms with Crippen LogP contribution < -0.4 is 5.73 Å². The average Bonchev–Trinajstić information content (AvgIpc) is 2.24. The molecule has 2 atom stereocenters. The van der Waals surface area contributed by atoms with Crippen molar-refractivity contribution in [3.8, 4) is 0 Å². The molecule has 0 aliphatic carbocycles. The quantitative estimate of drug-likeness (QED) is 0.831. The second-order valence-electron chi connectivity index (χ2n) is 4.23. The van der Waals surface area contributed by atoms with Crippen LogP contribution in [0.4, 0.5) is 4.39 Å². The van der Waals surface area contributed by atoms with E-state index in [0.717, 1.165) is 0 Å². The number of nitrogens with two attached hydrogens (primary N) is 1. The Morgan fingerprint density at radius 2 is 2.00 bits per heavy atom. The number of benzene rings is 1. The summed E-state index contributed by atoms with van der Waals surface area (Å²) in [6, 6.07) is 2.47. The van der Waals surface area contributed by atoms with Crippen LogP contribution in [-0.2, 0) is 5.60 Å². The first kappa shape index (κ1) is 14.7. The highest BCUT2D eigenvalue weighted by Gasteiger charge is 2.34. The van der Waals surface area contributed by atoms with E-state index in [4.69, 9.17) is 28.9 Å². The number of hydrogen-bond donors (Lipinski definition) is 2. The van der Waals surface area contributed by atoms with Crippen LogP contribution in [0.25, 0.3) is 0 Å². The maximum atomic E-state index is 13.4. The molecular formula is C12H16Cl2FNO. The summed E-state index contributed by atoms with van der Waals surface area (Å²) in [6.45, 7) is 3.79. The lowest BCUT2D eigenvalue weighted by Crippen LogP contribution is -2.36. The van der Waals surface area contributed by atoms with E-state index in [9.17, 15) is 9.50 Å². The van der Waals surface area contributed by atoms with Crippen LogP contribution in [0.1, 0.15) is 25.8 Å². The van der Waals surface area contributed by atoms with Crippen molar-refractivity contribution in [3.05, 3.63) is 33.6 Å². The summed E-state index contributed by atoms with van der Waals surface area (Å²) < 4.78 is 13.4. The minimum atomic E-state index is -1.27. The SMILES string of the molecule is CCC(CN)C(C)(O)c1cc(F)c(Cl)cc1Cl. The zero-order valence-electron chi connectivity index (χ0n) is 9.80. The van der Waals surface area contributed by atoms with E-state index in [1.54, 1.807) is 6.92 Å².